The molecule has 0 saturated carbocycles. The molecule has 0 aromatic heterocycles. The van der Waals surface area contributed by atoms with E-state index in [2.05, 4.69) is 10.5 Å². The Bertz CT molecular complexity index is 1320. The average molecular weight is 540 g/mol. The molecule has 10 heteroatoms. The quantitative estimate of drug-likeness (QED) is 0.289. The van der Waals surface area contributed by atoms with Crippen LogP contribution >= 0.6 is 11.8 Å². The predicted molar refractivity (Wildman–Crippen MR) is 147 cm³/mol. The van der Waals surface area contributed by atoms with Crippen molar-refractivity contribution in [2.45, 2.75) is 24.8 Å². The van der Waals surface area contributed by atoms with Gasteiger partial charge in [-0.1, -0.05) is 17.7 Å². The number of anilines is 1. The van der Waals surface area contributed by atoms with Crippen LogP contribution in [-0.4, -0.2) is 51.3 Å². The second-order valence-corrected chi connectivity index (χ2v) is 11.3. The SMILES string of the molecule is CCOc1ccc(N(CC(=O)N/N=C\c2ccc(OC3CSC3)cc2)S(=O)(=O)c2ccc(C)cc2)cc1. The van der Waals surface area contributed by atoms with E-state index in [9.17, 15) is 13.2 Å². The van der Waals surface area contributed by atoms with Crippen LogP contribution in [0.2, 0.25) is 0 Å². The van der Waals surface area contributed by atoms with Crippen molar-refractivity contribution in [1.29, 1.82) is 0 Å². The normalized spacial score (nSPS) is 13.7. The van der Waals surface area contributed by atoms with Gasteiger partial charge in [0, 0.05) is 11.5 Å². The molecule has 1 fully saturated rings. The zero-order valence-corrected chi connectivity index (χ0v) is 22.3. The van der Waals surface area contributed by atoms with Gasteiger partial charge in [0.2, 0.25) is 0 Å². The number of hydrogen-bond acceptors (Lipinski definition) is 7. The van der Waals surface area contributed by atoms with E-state index in [0.29, 0.717) is 18.0 Å². The lowest BCUT2D eigenvalue weighted by atomic mass is 10.2. The molecule has 8 nitrogen and oxygen atoms in total. The zero-order chi connectivity index (χ0) is 26.3. The molecule has 37 heavy (non-hydrogen) atoms. The van der Waals surface area contributed by atoms with Gasteiger partial charge in [0.05, 0.1) is 23.4 Å². The number of benzene rings is 3. The van der Waals surface area contributed by atoms with Crippen LogP contribution in [0.15, 0.2) is 82.8 Å². The van der Waals surface area contributed by atoms with Gasteiger partial charge >= 0.3 is 0 Å². The molecule has 1 N–H and O–H groups in total. The Morgan fingerprint density at radius 3 is 2.27 bits per heavy atom. The highest BCUT2D eigenvalue weighted by molar-refractivity contribution is 8.00. The third kappa shape index (κ3) is 7.05. The fourth-order valence-electron chi connectivity index (χ4n) is 3.48. The molecular formula is C27H29N3O5S2. The Labute approximate surface area is 221 Å². The maximum absolute atomic E-state index is 13.5. The number of rotatable bonds is 11. The van der Waals surface area contributed by atoms with Crippen LogP contribution < -0.4 is 19.2 Å². The summed E-state index contributed by atoms with van der Waals surface area (Å²) in [4.78, 5) is 12.8. The van der Waals surface area contributed by atoms with Crippen molar-refractivity contribution >= 4 is 39.6 Å². The molecular weight excluding hydrogens is 510 g/mol. The number of hydrazone groups is 1. The predicted octanol–water partition coefficient (Wildman–Crippen LogP) is 4.23. The molecule has 1 heterocycles. The summed E-state index contributed by atoms with van der Waals surface area (Å²) in [6.07, 6.45) is 1.76. The van der Waals surface area contributed by atoms with Crippen molar-refractivity contribution < 1.29 is 22.7 Å². The summed E-state index contributed by atoms with van der Waals surface area (Å²) in [5, 5.41) is 4.00. The van der Waals surface area contributed by atoms with E-state index in [0.717, 1.165) is 32.7 Å². The van der Waals surface area contributed by atoms with Crippen molar-refractivity contribution in [3.63, 3.8) is 0 Å². The second kappa shape index (κ2) is 12.2. The zero-order valence-electron chi connectivity index (χ0n) is 20.7. The van der Waals surface area contributed by atoms with Crippen molar-refractivity contribution in [1.82, 2.24) is 5.43 Å². The minimum Gasteiger partial charge on any atom is -0.494 e. The first kappa shape index (κ1) is 26.6. The van der Waals surface area contributed by atoms with Gasteiger partial charge in [0.1, 0.15) is 24.1 Å². The van der Waals surface area contributed by atoms with Gasteiger partial charge in [-0.3, -0.25) is 9.10 Å². The summed E-state index contributed by atoms with van der Waals surface area (Å²) in [5.74, 6) is 2.82. The molecule has 4 rings (SSSR count). The van der Waals surface area contributed by atoms with Gasteiger partial charge in [-0.25, -0.2) is 13.8 Å². The molecule has 3 aromatic rings. The van der Waals surface area contributed by atoms with E-state index in [1.807, 2.05) is 49.9 Å². The molecule has 0 aliphatic carbocycles. The number of thioether (sulfide) groups is 1. The molecule has 194 valence electrons. The Balaban J connectivity index is 1.46. The highest BCUT2D eigenvalue weighted by atomic mass is 32.2. The van der Waals surface area contributed by atoms with Crippen molar-refractivity contribution in [3.05, 3.63) is 83.9 Å². The van der Waals surface area contributed by atoms with Gasteiger partial charge in [0.15, 0.2) is 0 Å². The Kier molecular flexibility index (Phi) is 8.73. The molecule has 3 aromatic carbocycles. The minimum absolute atomic E-state index is 0.0890. The van der Waals surface area contributed by atoms with E-state index < -0.39 is 22.5 Å². The van der Waals surface area contributed by atoms with Crippen LogP contribution in [0.5, 0.6) is 11.5 Å². The molecule has 0 bridgehead atoms. The number of ether oxygens (including phenoxy) is 2. The molecule has 1 aliphatic rings. The number of amides is 1. The highest BCUT2D eigenvalue weighted by Gasteiger charge is 2.27. The maximum atomic E-state index is 13.5. The standard InChI is InChI=1S/C27H29N3O5S2/c1-3-34-23-12-8-22(9-13-23)30(37(32,33)26-14-4-20(2)5-15-26)17-27(31)29-28-16-21-6-10-24(11-7-21)35-25-18-36-19-25/h4-16,25H,3,17-19H2,1-2H3,(H,29,31)/b28-16-. The average Bonchev–Trinajstić information content (AvgIpc) is 2.87. The number of hydrogen-bond donors (Lipinski definition) is 1. The van der Waals surface area contributed by atoms with Crippen LogP contribution in [0.4, 0.5) is 5.69 Å². The third-order valence-electron chi connectivity index (χ3n) is 5.53. The van der Waals surface area contributed by atoms with Gasteiger partial charge in [-0.05, 0) is 80.1 Å². The summed E-state index contributed by atoms with van der Waals surface area (Å²) in [6.45, 7) is 3.78. The fraction of sp³-hybridized carbons (Fsp3) is 0.259. The lowest BCUT2D eigenvalue weighted by molar-refractivity contribution is -0.119. The third-order valence-corrected chi connectivity index (χ3v) is 8.53. The Morgan fingerprint density at radius 2 is 1.68 bits per heavy atom. The topological polar surface area (TPSA) is 97.3 Å². The van der Waals surface area contributed by atoms with E-state index in [4.69, 9.17) is 9.47 Å². The van der Waals surface area contributed by atoms with Crippen LogP contribution in [0, 0.1) is 6.92 Å². The molecule has 1 aliphatic heterocycles. The van der Waals surface area contributed by atoms with Crippen molar-refractivity contribution in [2.75, 3.05) is 29.0 Å². The number of carbonyl (C=O) groups excluding carboxylic acids is 1. The molecule has 1 amide bonds. The Hall–Kier alpha value is -3.50. The van der Waals surface area contributed by atoms with E-state index >= 15 is 0 Å². The van der Waals surface area contributed by atoms with Crippen molar-refractivity contribution in [2.24, 2.45) is 5.10 Å². The summed E-state index contributed by atoms with van der Waals surface area (Å²) in [6, 6.07) is 20.4. The van der Waals surface area contributed by atoms with E-state index in [1.54, 1.807) is 36.4 Å². The van der Waals surface area contributed by atoms with Crippen LogP contribution in [0.1, 0.15) is 18.1 Å². The number of carbonyl (C=O) groups is 1. The lowest BCUT2D eigenvalue weighted by Gasteiger charge is -2.25. The first-order valence-corrected chi connectivity index (χ1v) is 14.4. The first-order chi connectivity index (χ1) is 17.8. The van der Waals surface area contributed by atoms with E-state index in [1.165, 1.54) is 18.3 Å². The molecule has 0 unspecified atom stereocenters. The number of sulfonamides is 1. The highest BCUT2D eigenvalue weighted by Crippen LogP contribution is 2.26. The summed E-state index contributed by atoms with van der Waals surface area (Å²) in [7, 11) is -4.02. The fourth-order valence-corrected chi connectivity index (χ4v) is 5.46. The second-order valence-electron chi connectivity index (χ2n) is 8.39. The van der Waals surface area contributed by atoms with Crippen LogP contribution in [0.3, 0.4) is 0 Å². The Morgan fingerprint density at radius 1 is 1.03 bits per heavy atom. The smallest absolute Gasteiger partial charge is 0.264 e. The van der Waals surface area contributed by atoms with Gasteiger partial charge < -0.3 is 9.47 Å². The van der Waals surface area contributed by atoms with Gasteiger partial charge in [-0.15, -0.1) is 0 Å². The first-order valence-electron chi connectivity index (χ1n) is 11.8. The number of nitrogens with zero attached hydrogens (tertiary/aromatic N) is 2. The molecule has 1 saturated heterocycles. The molecule has 0 radical (unpaired) electrons. The van der Waals surface area contributed by atoms with Crippen molar-refractivity contribution in [3.8, 4) is 11.5 Å². The van der Waals surface area contributed by atoms with Gasteiger partial charge in [-0.2, -0.15) is 16.9 Å². The monoisotopic (exact) mass is 539 g/mol. The summed E-state index contributed by atoms with van der Waals surface area (Å²) >= 11 is 1.85. The number of nitrogens with one attached hydrogen (secondary N) is 1. The minimum atomic E-state index is -4.02. The maximum Gasteiger partial charge on any atom is 0.264 e. The number of aryl methyl sites for hydroxylation is 1. The van der Waals surface area contributed by atoms with E-state index in [-0.39, 0.29) is 11.0 Å². The van der Waals surface area contributed by atoms with Gasteiger partial charge in [0.25, 0.3) is 15.9 Å². The summed E-state index contributed by atoms with van der Waals surface area (Å²) in [5.41, 5.74) is 4.46. The molecule has 0 spiro atoms. The van der Waals surface area contributed by atoms with Crippen LogP contribution in [0.25, 0.3) is 0 Å². The summed E-state index contributed by atoms with van der Waals surface area (Å²) < 4.78 is 39.3. The van der Waals surface area contributed by atoms with Crippen LogP contribution in [-0.2, 0) is 14.8 Å². The largest absolute Gasteiger partial charge is 0.494 e. The molecule has 0 atom stereocenters. The lowest BCUT2D eigenvalue weighted by Crippen LogP contribution is -2.39.